The number of hydrogen-bond donors (Lipinski definition) is 5. The number of piperazine rings is 1. The number of nitrogens with zero attached hydrogens (tertiary/aromatic N) is 7. The summed E-state index contributed by atoms with van der Waals surface area (Å²) in [5, 5.41) is 20.4. The second kappa shape index (κ2) is 22.7. The summed E-state index contributed by atoms with van der Waals surface area (Å²) < 4.78 is 21.1. The number of thiazole rings is 1. The number of aromatic nitrogens is 3. The monoisotopic (exact) mass is 1050 g/mol. The van der Waals surface area contributed by atoms with Crippen LogP contribution in [-0.4, -0.2) is 154 Å². The quantitative estimate of drug-likeness (QED) is 0.0831. The highest BCUT2D eigenvalue weighted by molar-refractivity contribution is 7.99. The summed E-state index contributed by atoms with van der Waals surface area (Å²) in [5.74, 6) is -0.571. The third kappa shape index (κ3) is 13.0. The molecule has 388 valence electrons. The van der Waals surface area contributed by atoms with Gasteiger partial charge >= 0.3 is 0 Å². The van der Waals surface area contributed by atoms with Crippen molar-refractivity contribution < 1.29 is 33.4 Å². The molecule has 8 rings (SSSR count). The number of β-amino-alcohol motifs (C(OH)–C–C–N with tert-alkyl or cyclic N) is 1. The van der Waals surface area contributed by atoms with Crippen molar-refractivity contribution >= 4 is 69.8 Å². The molecule has 3 saturated heterocycles. The summed E-state index contributed by atoms with van der Waals surface area (Å²) in [6, 6.07) is 9.25. The van der Waals surface area contributed by atoms with Crippen molar-refractivity contribution in [2.45, 2.75) is 107 Å². The lowest BCUT2D eigenvalue weighted by atomic mass is 9.80. The van der Waals surface area contributed by atoms with Crippen LogP contribution in [0, 0.1) is 17.8 Å². The molecular weight excluding hydrogens is 981 g/mol. The van der Waals surface area contributed by atoms with Crippen LogP contribution in [0.1, 0.15) is 71.1 Å². The molecule has 72 heavy (non-hydrogen) atoms. The van der Waals surface area contributed by atoms with E-state index in [1.165, 1.54) is 28.0 Å². The van der Waals surface area contributed by atoms with Crippen LogP contribution in [0.15, 0.2) is 64.2 Å². The highest BCUT2D eigenvalue weighted by Crippen LogP contribution is 2.41. The van der Waals surface area contributed by atoms with Crippen LogP contribution in [0.4, 0.5) is 15.9 Å². The largest absolute Gasteiger partial charge is 0.492 e. The van der Waals surface area contributed by atoms with Gasteiger partial charge in [0.25, 0.3) is 5.91 Å². The lowest BCUT2D eigenvalue weighted by molar-refractivity contribution is -0.145. The Morgan fingerprint density at radius 2 is 1.75 bits per heavy atom. The molecule has 17 nitrogen and oxygen atoms in total. The second-order valence-electron chi connectivity index (χ2n) is 20.9. The minimum Gasteiger partial charge on any atom is -0.492 e. The number of likely N-dealkylation sites (tertiary alicyclic amines) is 1. The van der Waals surface area contributed by atoms with Crippen LogP contribution in [0.2, 0.25) is 5.02 Å². The van der Waals surface area contributed by atoms with Gasteiger partial charge in [-0.15, -0.1) is 11.3 Å². The summed E-state index contributed by atoms with van der Waals surface area (Å²) in [4.78, 5) is 77.3. The standard InChI is InChI=1S/C51H67ClFN11O6S2/c1-32-44(71-31-58-32)33-9-10-34(25-57-46(67)37-24-35(65)28-64(37)47(68)45(49(2,3)4)60-48(69)51(53)11-12-51)38(23-33)70-22-21-61-17-19-62(20-18-61)29-41(66)59-36-7-6-8-39(43(36)52)72-42-27-55-40(26-56-42)63-15-13-50(5,30-54)14-16-63/h6-10,23,26-27,31,35,37,45,65H,11-22,24-25,28-30,54H2,1-5H3,(H,57,67)(H,59,66)(H,60,69)/t35?,37?,45-/m1/s1. The zero-order chi connectivity index (χ0) is 51.4. The molecule has 3 atom stereocenters. The third-order valence-electron chi connectivity index (χ3n) is 14.2. The van der Waals surface area contributed by atoms with Gasteiger partial charge in [0.2, 0.25) is 17.7 Å². The topological polar surface area (TPSA) is 211 Å². The lowest BCUT2D eigenvalue weighted by Crippen LogP contribution is -2.59. The Labute approximate surface area is 434 Å². The first-order valence-electron chi connectivity index (χ1n) is 24.7. The van der Waals surface area contributed by atoms with Gasteiger partial charge in [-0.05, 0) is 73.7 Å². The minimum atomic E-state index is -1.98. The van der Waals surface area contributed by atoms with Crippen molar-refractivity contribution in [3.63, 3.8) is 0 Å². The van der Waals surface area contributed by atoms with Crippen molar-refractivity contribution in [2.75, 3.05) is 82.3 Å². The molecule has 0 spiro atoms. The number of amides is 4. The van der Waals surface area contributed by atoms with Gasteiger partial charge in [-0.1, -0.05) is 69.3 Å². The number of aryl methyl sites for hydroxylation is 1. The van der Waals surface area contributed by atoms with Crippen LogP contribution in [0.3, 0.4) is 0 Å². The van der Waals surface area contributed by atoms with E-state index < -0.39 is 47.0 Å². The number of benzene rings is 2. The van der Waals surface area contributed by atoms with Crippen molar-refractivity contribution in [3.8, 4) is 16.2 Å². The Hall–Kier alpha value is -4.96. The number of aliphatic hydroxyl groups is 1. The predicted octanol–water partition coefficient (Wildman–Crippen LogP) is 5.52. The molecular formula is C51H67ClFN11O6S2. The fraction of sp³-hybridized carbons (Fsp3) is 0.549. The molecule has 4 aliphatic rings. The summed E-state index contributed by atoms with van der Waals surface area (Å²) in [7, 11) is 0. The number of carbonyl (C=O) groups is 4. The maximum atomic E-state index is 14.7. The number of halogens is 2. The first kappa shape index (κ1) is 53.3. The van der Waals surface area contributed by atoms with Crippen molar-refractivity contribution in [2.24, 2.45) is 16.6 Å². The van der Waals surface area contributed by atoms with Gasteiger partial charge in [0.1, 0.15) is 35.3 Å². The fourth-order valence-corrected chi connectivity index (χ4v) is 11.1. The molecule has 5 heterocycles. The average molecular weight is 1050 g/mol. The van der Waals surface area contributed by atoms with Crippen LogP contribution < -0.4 is 31.3 Å². The Balaban J connectivity index is 0.819. The Morgan fingerprint density at radius 1 is 1.01 bits per heavy atom. The number of hydrogen-bond acceptors (Lipinski definition) is 15. The van der Waals surface area contributed by atoms with Crippen molar-refractivity contribution in [1.82, 2.24) is 40.3 Å². The molecule has 2 unspecified atom stereocenters. The maximum absolute atomic E-state index is 14.7. The molecule has 4 amide bonds. The number of nitrogens with two attached hydrogens (primary N) is 1. The molecule has 4 fully saturated rings. The van der Waals surface area contributed by atoms with E-state index in [2.05, 4.69) is 52.5 Å². The zero-order valence-corrected chi connectivity index (χ0v) is 44.1. The first-order chi connectivity index (χ1) is 34.3. The maximum Gasteiger partial charge on any atom is 0.258 e. The highest BCUT2D eigenvalue weighted by Gasteiger charge is 2.53. The molecule has 1 saturated carbocycles. The van der Waals surface area contributed by atoms with E-state index in [1.807, 2.05) is 37.3 Å². The summed E-state index contributed by atoms with van der Waals surface area (Å²) in [6.45, 7) is 16.0. The van der Waals surface area contributed by atoms with Gasteiger partial charge in [0.15, 0.2) is 5.67 Å². The Kier molecular flexibility index (Phi) is 16.8. The lowest BCUT2D eigenvalue weighted by Gasteiger charge is -2.39. The molecule has 21 heteroatoms. The normalized spacial score (nSPS) is 20.5. The number of carbonyl (C=O) groups excluding carboxylic acids is 4. The SMILES string of the molecule is Cc1ncsc1-c1ccc(CNC(=O)C2CC(O)CN2C(=O)[C@@H](NC(=O)C2(F)CC2)C(C)(C)C)c(OCCN2CCN(CC(=O)Nc3cccc(Sc4cnc(N5CCC(C)(CN)CC5)cn4)c3Cl)CC2)c1. The highest BCUT2D eigenvalue weighted by atomic mass is 35.5. The predicted molar refractivity (Wildman–Crippen MR) is 278 cm³/mol. The smallest absolute Gasteiger partial charge is 0.258 e. The van der Waals surface area contributed by atoms with E-state index in [1.54, 1.807) is 44.7 Å². The molecule has 3 aliphatic heterocycles. The number of piperidine rings is 1. The summed E-state index contributed by atoms with van der Waals surface area (Å²) in [5.41, 5.74) is 8.25. The second-order valence-corrected chi connectivity index (χ2v) is 23.2. The number of nitrogens with one attached hydrogen (secondary N) is 3. The van der Waals surface area contributed by atoms with Crippen LogP contribution in [-0.2, 0) is 25.7 Å². The molecule has 1 aliphatic carbocycles. The number of rotatable bonds is 18. The van der Waals surface area contributed by atoms with Crippen LogP contribution >= 0.6 is 34.7 Å². The van der Waals surface area contributed by atoms with Gasteiger partial charge < -0.3 is 41.3 Å². The van der Waals surface area contributed by atoms with Gasteiger partial charge in [-0.25, -0.2) is 19.3 Å². The van der Waals surface area contributed by atoms with E-state index in [4.69, 9.17) is 22.1 Å². The van der Waals surface area contributed by atoms with E-state index in [0.29, 0.717) is 54.3 Å². The molecule has 0 radical (unpaired) electrons. The van der Waals surface area contributed by atoms with Crippen molar-refractivity contribution in [3.05, 3.63) is 70.6 Å². The zero-order valence-electron chi connectivity index (χ0n) is 41.7. The Morgan fingerprint density at radius 3 is 2.40 bits per heavy atom. The van der Waals surface area contributed by atoms with Crippen LogP contribution in [0.5, 0.6) is 5.75 Å². The third-order valence-corrected chi connectivity index (χ3v) is 16.7. The van der Waals surface area contributed by atoms with Gasteiger partial charge in [0, 0.05) is 75.8 Å². The summed E-state index contributed by atoms with van der Waals surface area (Å²) in [6.07, 6.45) is 4.86. The number of alkyl halides is 1. The fourth-order valence-electron chi connectivity index (χ4n) is 9.23. The van der Waals surface area contributed by atoms with Gasteiger partial charge in [-0.2, -0.15) is 0 Å². The van der Waals surface area contributed by atoms with E-state index in [0.717, 1.165) is 71.4 Å². The van der Waals surface area contributed by atoms with Gasteiger partial charge in [-0.3, -0.25) is 29.0 Å². The van der Waals surface area contributed by atoms with Crippen LogP contribution in [0.25, 0.3) is 10.4 Å². The molecule has 0 bridgehead atoms. The molecule has 2 aromatic carbocycles. The van der Waals surface area contributed by atoms with E-state index in [9.17, 15) is 28.7 Å². The minimum absolute atomic E-state index is 0.0181. The number of ether oxygens (including phenoxy) is 1. The van der Waals surface area contributed by atoms with Crippen molar-refractivity contribution in [1.29, 1.82) is 0 Å². The number of aliphatic hydroxyl groups excluding tert-OH is 1. The average Bonchev–Trinajstić information content (AvgIpc) is 3.76. The number of anilines is 2. The molecule has 4 aromatic rings. The summed E-state index contributed by atoms with van der Waals surface area (Å²) >= 11 is 9.75. The van der Waals surface area contributed by atoms with E-state index >= 15 is 0 Å². The van der Waals surface area contributed by atoms with Gasteiger partial charge in [0.05, 0.1) is 51.8 Å². The first-order valence-corrected chi connectivity index (χ1v) is 26.8. The molecule has 2 aromatic heterocycles. The molecule has 6 N–H and O–H groups in total. The Bertz CT molecular complexity index is 2580. The van der Waals surface area contributed by atoms with E-state index in [-0.39, 0.29) is 50.2 Å².